The average molecular weight is 319 g/mol. The molecule has 0 saturated heterocycles. The molecule has 3 N–H and O–H groups in total. The minimum absolute atomic E-state index is 0.0295. The van der Waals surface area contributed by atoms with E-state index in [1.54, 1.807) is 12.0 Å². The molecule has 5 nitrogen and oxygen atoms in total. The van der Waals surface area contributed by atoms with E-state index < -0.39 is 17.8 Å². The highest BCUT2D eigenvalue weighted by atomic mass is 19.4. The quantitative estimate of drug-likeness (QED) is 0.707. The summed E-state index contributed by atoms with van der Waals surface area (Å²) in [6.45, 7) is 1.65. The highest BCUT2D eigenvalue weighted by Gasteiger charge is 2.33. The largest absolute Gasteiger partial charge is 0.508 e. The zero-order chi connectivity index (χ0) is 16.9. The van der Waals surface area contributed by atoms with Gasteiger partial charge in [-0.3, -0.25) is 9.89 Å². The molecule has 0 unspecified atom stereocenters. The van der Waals surface area contributed by atoms with E-state index in [-0.39, 0.29) is 17.3 Å². The van der Waals surface area contributed by atoms with Crippen molar-refractivity contribution in [2.75, 3.05) is 7.05 Å². The second kappa shape index (κ2) is 6.92. The second-order valence-corrected chi connectivity index (χ2v) is 4.18. The molecule has 2 rings (SSSR count). The van der Waals surface area contributed by atoms with Crippen molar-refractivity contribution in [3.63, 3.8) is 0 Å². The van der Waals surface area contributed by atoms with Crippen LogP contribution in [0.15, 0.2) is 24.3 Å². The fourth-order valence-corrected chi connectivity index (χ4v) is 1.29. The van der Waals surface area contributed by atoms with Gasteiger partial charge in [0.2, 0.25) is 0 Å². The lowest BCUT2D eigenvalue weighted by atomic mass is 10.2. The molecule has 0 fully saturated rings. The van der Waals surface area contributed by atoms with E-state index in [2.05, 4.69) is 10.4 Å². The number of nitrogens with zero attached hydrogens (tertiary/aromatic N) is 1. The number of benzene rings is 1. The normalized spacial score (nSPS) is 10.6. The number of nitrogens with one attached hydrogen (secondary N) is 2. The van der Waals surface area contributed by atoms with Gasteiger partial charge in [-0.25, -0.2) is 4.39 Å². The zero-order valence-corrected chi connectivity index (χ0v) is 11.6. The van der Waals surface area contributed by atoms with E-state index in [0.29, 0.717) is 11.6 Å². The lowest BCUT2D eigenvalue weighted by Crippen LogP contribution is -2.18. The Hall–Kier alpha value is -2.58. The predicted molar refractivity (Wildman–Crippen MR) is 69.8 cm³/mol. The van der Waals surface area contributed by atoms with Gasteiger partial charge in [-0.05, 0) is 18.6 Å². The smallest absolute Gasteiger partial charge is 0.432 e. The van der Waals surface area contributed by atoms with Crippen LogP contribution in [0, 0.1) is 12.7 Å². The van der Waals surface area contributed by atoms with E-state index in [1.807, 2.05) is 0 Å². The molecule has 0 aliphatic carbocycles. The van der Waals surface area contributed by atoms with Crippen LogP contribution in [0.4, 0.5) is 17.6 Å². The lowest BCUT2D eigenvalue weighted by Gasteiger charge is -1.99. The molecule has 1 heterocycles. The van der Waals surface area contributed by atoms with E-state index >= 15 is 0 Å². The summed E-state index contributed by atoms with van der Waals surface area (Å²) in [6, 6.07) is 4.73. The SMILES string of the molecule is CNC(=O)c1cc(C(F)(F)F)[nH]n1.Cc1ccc(O)cc1F. The van der Waals surface area contributed by atoms with Gasteiger partial charge in [0, 0.05) is 19.2 Å². The van der Waals surface area contributed by atoms with E-state index in [4.69, 9.17) is 5.11 Å². The number of amides is 1. The Morgan fingerprint density at radius 3 is 2.36 bits per heavy atom. The summed E-state index contributed by atoms with van der Waals surface area (Å²) in [5.74, 6) is -1.06. The number of alkyl halides is 3. The van der Waals surface area contributed by atoms with Crippen molar-refractivity contribution in [2.24, 2.45) is 0 Å². The van der Waals surface area contributed by atoms with Crippen molar-refractivity contribution in [2.45, 2.75) is 13.1 Å². The molecule has 1 aromatic heterocycles. The summed E-state index contributed by atoms with van der Waals surface area (Å²) in [5, 5.41) is 15.8. The van der Waals surface area contributed by atoms with E-state index in [0.717, 1.165) is 6.07 Å². The minimum Gasteiger partial charge on any atom is -0.508 e. The summed E-state index contributed by atoms with van der Waals surface area (Å²) >= 11 is 0. The van der Waals surface area contributed by atoms with Crippen molar-refractivity contribution >= 4 is 5.91 Å². The average Bonchev–Trinajstić information content (AvgIpc) is 2.93. The van der Waals surface area contributed by atoms with Crippen molar-refractivity contribution in [3.8, 4) is 5.75 Å². The maximum absolute atomic E-state index is 12.4. The molecule has 0 spiro atoms. The van der Waals surface area contributed by atoms with E-state index in [1.165, 1.54) is 19.2 Å². The predicted octanol–water partition coefficient (Wildman–Crippen LogP) is 2.63. The highest BCUT2D eigenvalue weighted by molar-refractivity contribution is 5.92. The van der Waals surface area contributed by atoms with Gasteiger partial charge in [0.1, 0.15) is 17.3 Å². The molecular formula is C13H13F4N3O2. The fourth-order valence-electron chi connectivity index (χ4n) is 1.29. The van der Waals surface area contributed by atoms with Crippen LogP contribution in [-0.2, 0) is 6.18 Å². The Bertz CT molecular complexity index is 653. The van der Waals surface area contributed by atoms with Crippen LogP contribution in [0.5, 0.6) is 5.75 Å². The van der Waals surface area contributed by atoms with Crippen LogP contribution in [0.2, 0.25) is 0 Å². The number of rotatable bonds is 1. The molecule has 2 aromatic rings. The number of aromatic hydroxyl groups is 1. The standard InChI is InChI=1S/C7H7FO.C6H6F3N3O/c1-5-2-3-6(9)4-7(5)8;1-10-5(13)3-2-4(12-11-3)6(7,8)9/h2-4,9H,1H3;2H,1H3,(H,10,13)(H,11,12). The topological polar surface area (TPSA) is 78.0 Å². The number of aryl methyl sites for hydroxylation is 1. The molecule has 1 amide bonds. The molecule has 9 heteroatoms. The van der Waals surface area contributed by atoms with Crippen molar-refractivity contribution in [1.29, 1.82) is 0 Å². The van der Waals surface area contributed by atoms with E-state index in [9.17, 15) is 22.4 Å². The lowest BCUT2D eigenvalue weighted by molar-refractivity contribution is -0.141. The van der Waals surface area contributed by atoms with Crippen molar-refractivity contribution in [3.05, 3.63) is 47.0 Å². The summed E-state index contributed by atoms with van der Waals surface area (Å²) < 4.78 is 48.3. The van der Waals surface area contributed by atoms with Crippen LogP contribution in [0.3, 0.4) is 0 Å². The number of carbonyl (C=O) groups excluding carboxylic acids is 1. The summed E-state index contributed by atoms with van der Waals surface area (Å²) in [5.41, 5.74) is -0.770. The van der Waals surface area contributed by atoms with Crippen molar-refractivity contribution in [1.82, 2.24) is 15.5 Å². The van der Waals surface area contributed by atoms with Gasteiger partial charge in [0.15, 0.2) is 5.69 Å². The molecule has 1 aromatic carbocycles. The third-order valence-corrected chi connectivity index (χ3v) is 2.50. The van der Waals surface area contributed by atoms with Crippen molar-refractivity contribution < 1.29 is 27.5 Å². The number of aromatic amines is 1. The number of H-pyrrole nitrogens is 1. The number of hydrogen-bond acceptors (Lipinski definition) is 3. The van der Waals surface area contributed by atoms with Gasteiger partial charge >= 0.3 is 6.18 Å². The van der Waals surface area contributed by atoms with Crippen LogP contribution >= 0.6 is 0 Å². The second-order valence-electron chi connectivity index (χ2n) is 4.18. The molecule has 22 heavy (non-hydrogen) atoms. The molecule has 0 aliphatic heterocycles. The summed E-state index contributed by atoms with van der Waals surface area (Å²) in [6.07, 6.45) is -4.50. The summed E-state index contributed by atoms with van der Waals surface area (Å²) in [4.78, 5) is 10.8. The number of hydrogen-bond donors (Lipinski definition) is 3. The third-order valence-electron chi connectivity index (χ3n) is 2.50. The molecular weight excluding hydrogens is 306 g/mol. The van der Waals surface area contributed by atoms with Crippen LogP contribution in [-0.4, -0.2) is 28.3 Å². The molecule has 0 bridgehead atoms. The molecule has 0 saturated carbocycles. The highest BCUT2D eigenvalue weighted by Crippen LogP contribution is 2.27. The Kier molecular flexibility index (Phi) is 5.50. The molecule has 0 radical (unpaired) electrons. The number of phenolic OH excluding ortho intramolecular Hbond substituents is 1. The van der Waals surface area contributed by atoms with Gasteiger partial charge in [0.05, 0.1) is 0 Å². The van der Waals surface area contributed by atoms with Gasteiger partial charge in [-0.2, -0.15) is 18.3 Å². The number of phenols is 1. The van der Waals surface area contributed by atoms with Gasteiger partial charge in [0.25, 0.3) is 5.91 Å². The fraction of sp³-hybridized carbons (Fsp3) is 0.231. The monoisotopic (exact) mass is 319 g/mol. The first kappa shape index (κ1) is 17.5. The number of halogens is 4. The van der Waals surface area contributed by atoms with Gasteiger partial charge in [-0.15, -0.1) is 0 Å². The Morgan fingerprint density at radius 2 is 1.95 bits per heavy atom. The zero-order valence-electron chi connectivity index (χ0n) is 11.6. The molecule has 120 valence electrons. The Labute approximate surface area is 123 Å². The maximum Gasteiger partial charge on any atom is 0.432 e. The van der Waals surface area contributed by atoms with Crippen LogP contribution < -0.4 is 5.32 Å². The first-order valence-corrected chi connectivity index (χ1v) is 5.95. The van der Waals surface area contributed by atoms with Gasteiger partial charge in [-0.1, -0.05) is 6.07 Å². The first-order chi connectivity index (χ1) is 10.1. The third kappa shape index (κ3) is 4.76. The first-order valence-electron chi connectivity index (χ1n) is 5.95. The van der Waals surface area contributed by atoms with Crippen LogP contribution in [0.1, 0.15) is 21.7 Å². The summed E-state index contributed by atoms with van der Waals surface area (Å²) in [7, 11) is 1.31. The number of aromatic nitrogens is 2. The molecule has 0 aliphatic rings. The molecule has 0 atom stereocenters. The Morgan fingerprint density at radius 1 is 1.32 bits per heavy atom. The number of carbonyl (C=O) groups is 1. The maximum atomic E-state index is 12.4. The Balaban J connectivity index is 0.000000235. The van der Waals surface area contributed by atoms with Crippen LogP contribution in [0.25, 0.3) is 0 Å². The minimum atomic E-state index is -4.50. The van der Waals surface area contributed by atoms with Gasteiger partial charge < -0.3 is 10.4 Å².